The van der Waals surface area contributed by atoms with Gasteiger partial charge in [0.15, 0.2) is 0 Å². The van der Waals surface area contributed by atoms with Crippen LogP contribution in [-0.2, 0) is 7.05 Å². The molecule has 8 heteroatoms. The quantitative estimate of drug-likeness (QED) is 0.575. The van der Waals surface area contributed by atoms with E-state index < -0.39 is 6.36 Å². The highest BCUT2D eigenvalue weighted by Gasteiger charge is 2.31. The Balaban J connectivity index is 1.79. The highest BCUT2D eigenvalue weighted by atomic mass is 79.9. The Kier molecular flexibility index (Phi) is 4.64. The van der Waals surface area contributed by atoms with Gasteiger partial charge in [-0.3, -0.25) is 4.68 Å². The third-order valence-corrected chi connectivity index (χ3v) is 4.09. The summed E-state index contributed by atoms with van der Waals surface area (Å²) in [6.07, 6.45) is -5.09. The van der Waals surface area contributed by atoms with Crippen molar-refractivity contribution in [2.75, 3.05) is 0 Å². The maximum absolute atomic E-state index is 12.2. The van der Waals surface area contributed by atoms with Crippen molar-refractivity contribution < 1.29 is 22.6 Å². The smallest absolute Gasteiger partial charge is 0.484 e. The lowest BCUT2D eigenvalue weighted by molar-refractivity contribution is -0.274. The normalized spacial score (nSPS) is 13.0. The zero-order valence-electron chi connectivity index (χ0n) is 13.3. The van der Waals surface area contributed by atoms with Crippen LogP contribution in [0.2, 0.25) is 0 Å². The number of hydrogen-bond donors (Lipinski definition) is 0. The standard InChI is InChI=1S/C17H14BrF3N2O2/c1-10(16-14-8-3-11(18)9-15(14)23(2)22-16)24-12-4-6-13(7-5-12)25-17(19,20)21/h3-10H,1-2H3. The first kappa shape index (κ1) is 17.6. The summed E-state index contributed by atoms with van der Waals surface area (Å²) in [5.41, 5.74) is 1.70. The molecule has 0 bridgehead atoms. The minimum Gasteiger partial charge on any atom is -0.484 e. The van der Waals surface area contributed by atoms with E-state index >= 15 is 0 Å². The molecule has 0 aliphatic rings. The van der Waals surface area contributed by atoms with Crippen LogP contribution in [0, 0.1) is 0 Å². The van der Waals surface area contributed by atoms with Crippen molar-refractivity contribution in [3.05, 3.63) is 52.6 Å². The molecule has 3 rings (SSSR count). The van der Waals surface area contributed by atoms with Crippen LogP contribution in [0.5, 0.6) is 11.5 Å². The number of fused-ring (bicyclic) bond motifs is 1. The molecule has 132 valence electrons. The van der Waals surface area contributed by atoms with Crippen molar-refractivity contribution in [1.29, 1.82) is 0 Å². The second kappa shape index (κ2) is 6.59. The highest BCUT2D eigenvalue weighted by Crippen LogP contribution is 2.30. The summed E-state index contributed by atoms with van der Waals surface area (Å²) < 4.78 is 48.9. The van der Waals surface area contributed by atoms with Gasteiger partial charge in [-0.25, -0.2) is 0 Å². The predicted molar refractivity (Wildman–Crippen MR) is 90.6 cm³/mol. The van der Waals surface area contributed by atoms with E-state index in [1.165, 1.54) is 24.3 Å². The molecule has 2 aromatic carbocycles. The maximum atomic E-state index is 12.2. The molecule has 1 unspecified atom stereocenters. The van der Waals surface area contributed by atoms with Gasteiger partial charge in [-0.15, -0.1) is 13.2 Å². The summed E-state index contributed by atoms with van der Waals surface area (Å²) in [4.78, 5) is 0. The summed E-state index contributed by atoms with van der Waals surface area (Å²) in [6.45, 7) is 1.84. The molecule has 4 nitrogen and oxygen atoms in total. The van der Waals surface area contributed by atoms with E-state index in [9.17, 15) is 13.2 Å². The van der Waals surface area contributed by atoms with E-state index in [0.29, 0.717) is 5.75 Å². The molecular weight excluding hydrogens is 401 g/mol. The molecule has 0 fully saturated rings. The second-order valence-electron chi connectivity index (χ2n) is 5.45. The van der Waals surface area contributed by atoms with Crippen molar-refractivity contribution in [3.63, 3.8) is 0 Å². The van der Waals surface area contributed by atoms with Crippen LogP contribution in [0.4, 0.5) is 13.2 Å². The monoisotopic (exact) mass is 414 g/mol. The molecule has 0 N–H and O–H groups in total. The first-order valence-electron chi connectivity index (χ1n) is 7.37. The third kappa shape index (κ3) is 4.07. The molecule has 25 heavy (non-hydrogen) atoms. The Morgan fingerprint density at radius 2 is 1.72 bits per heavy atom. The summed E-state index contributed by atoms with van der Waals surface area (Å²) in [5.74, 6) is 0.138. The summed E-state index contributed by atoms with van der Waals surface area (Å²) >= 11 is 3.43. The molecule has 0 spiro atoms. The van der Waals surface area contributed by atoms with E-state index in [0.717, 1.165) is 21.1 Å². The molecule has 0 saturated carbocycles. The number of hydrogen-bond acceptors (Lipinski definition) is 3. The first-order chi connectivity index (χ1) is 11.7. The average Bonchev–Trinajstić information content (AvgIpc) is 2.84. The fraction of sp³-hybridized carbons (Fsp3) is 0.235. The number of ether oxygens (including phenoxy) is 2. The van der Waals surface area contributed by atoms with Crippen molar-refractivity contribution in [2.24, 2.45) is 7.05 Å². The van der Waals surface area contributed by atoms with Crippen LogP contribution in [0.25, 0.3) is 10.9 Å². The van der Waals surface area contributed by atoms with Gasteiger partial charge >= 0.3 is 6.36 Å². The Hall–Kier alpha value is -2.22. The minimum atomic E-state index is -4.71. The minimum absolute atomic E-state index is 0.291. The topological polar surface area (TPSA) is 36.3 Å². The van der Waals surface area contributed by atoms with E-state index in [2.05, 4.69) is 25.8 Å². The van der Waals surface area contributed by atoms with Crippen molar-refractivity contribution >= 4 is 26.8 Å². The van der Waals surface area contributed by atoms with Gasteiger partial charge in [0.05, 0.1) is 5.52 Å². The Morgan fingerprint density at radius 1 is 1.08 bits per heavy atom. The molecule has 1 heterocycles. The zero-order valence-corrected chi connectivity index (χ0v) is 14.9. The number of aromatic nitrogens is 2. The van der Waals surface area contributed by atoms with Gasteiger partial charge in [0.25, 0.3) is 0 Å². The number of benzene rings is 2. The SMILES string of the molecule is CC(Oc1ccc(OC(F)(F)F)cc1)c1nn(C)c2cc(Br)ccc12. The molecule has 3 aromatic rings. The Bertz CT molecular complexity index is 891. The number of rotatable bonds is 4. The Morgan fingerprint density at radius 3 is 2.36 bits per heavy atom. The van der Waals surface area contributed by atoms with Crippen LogP contribution in [0.15, 0.2) is 46.9 Å². The zero-order chi connectivity index (χ0) is 18.2. The van der Waals surface area contributed by atoms with Crippen molar-refractivity contribution in [2.45, 2.75) is 19.4 Å². The number of aryl methyl sites for hydroxylation is 1. The summed E-state index contributed by atoms with van der Waals surface area (Å²) in [6, 6.07) is 11.1. The molecule has 0 aliphatic heterocycles. The van der Waals surface area contributed by atoms with E-state index in [4.69, 9.17) is 4.74 Å². The first-order valence-corrected chi connectivity index (χ1v) is 8.17. The number of halogens is 4. The van der Waals surface area contributed by atoms with Gasteiger partial charge in [-0.2, -0.15) is 5.10 Å². The van der Waals surface area contributed by atoms with Gasteiger partial charge in [0, 0.05) is 16.9 Å². The van der Waals surface area contributed by atoms with Crippen LogP contribution in [-0.4, -0.2) is 16.1 Å². The van der Waals surface area contributed by atoms with Crippen LogP contribution in [0.1, 0.15) is 18.7 Å². The lowest BCUT2D eigenvalue weighted by Gasteiger charge is -2.14. The van der Waals surface area contributed by atoms with Crippen molar-refractivity contribution in [1.82, 2.24) is 9.78 Å². The van der Waals surface area contributed by atoms with E-state index in [1.54, 1.807) is 4.68 Å². The molecule has 1 aromatic heterocycles. The molecule has 0 saturated heterocycles. The summed E-state index contributed by atoms with van der Waals surface area (Å²) in [7, 11) is 1.84. The predicted octanol–water partition coefficient (Wildman–Crippen LogP) is 5.37. The van der Waals surface area contributed by atoms with Gasteiger partial charge in [0.1, 0.15) is 23.3 Å². The lowest BCUT2D eigenvalue weighted by atomic mass is 10.1. The third-order valence-electron chi connectivity index (χ3n) is 3.60. The van der Waals surface area contributed by atoms with Crippen LogP contribution in [0.3, 0.4) is 0 Å². The second-order valence-corrected chi connectivity index (χ2v) is 6.37. The molecule has 0 radical (unpaired) electrons. The fourth-order valence-corrected chi connectivity index (χ4v) is 2.89. The molecular formula is C17H14BrF3N2O2. The number of nitrogens with zero attached hydrogens (tertiary/aromatic N) is 2. The van der Waals surface area contributed by atoms with Crippen molar-refractivity contribution in [3.8, 4) is 11.5 Å². The van der Waals surface area contributed by atoms with Gasteiger partial charge in [0.2, 0.25) is 0 Å². The Labute approximate surface area is 150 Å². The van der Waals surface area contributed by atoms with Crippen LogP contribution < -0.4 is 9.47 Å². The van der Waals surface area contributed by atoms with E-state index in [-0.39, 0.29) is 11.9 Å². The molecule has 0 amide bonds. The van der Waals surface area contributed by atoms with Gasteiger partial charge in [-0.1, -0.05) is 15.9 Å². The molecule has 0 aliphatic carbocycles. The largest absolute Gasteiger partial charge is 0.573 e. The van der Waals surface area contributed by atoms with E-state index in [1.807, 2.05) is 32.2 Å². The van der Waals surface area contributed by atoms with Gasteiger partial charge < -0.3 is 9.47 Å². The van der Waals surface area contributed by atoms with Crippen LogP contribution >= 0.6 is 15.9 Å². The maximum Gasteiger partial charge on any atom is 0.573 e. The molecule has 1 atom stereocenters. The lowest BCUT2D eigenvalue weighted by Crippen LogP contribution is -2.17. The van der Waals surface area contributed by atoms with Gasteiger partial charge in [-0.05, 0) is 49.4 Å². The highest BCUT2D eigenvalue weighted by molar-refractivity contribution is 9.10. The fourth-order valence-electron chi connectivity index (χ4n) is 2.54. The number of alkyl halides is 3. The average molecular weight is 415 g/mol. The summed E-state index contributed by atoms with van der Waals surface area (Å²) in [5, 5.41) is 5.44.